The average molecular weight is 466 g/mol. The van der Waals surface area contributed by atoms with Gasteiger partial charge < -0.3 is 10.1 Å². The van der Waals surface area contributed by atoms with Crippen molar-refractivity contribution in [3.63, 3.8) is 0 Å². The van der Waals surface area contributed by atoms with E-state index in [1.54, 1.807) is 11.3 Å². The van der Waals surface area contributed by atoms with E-state index in [1.165, 1.54) is 24.1 Å². The highest BCUT2D eigenvalue weighted by Crippen LogP contribution is 2.64. The number of carbonyl (C=O) groups is 2. The number of nitrogens with one attached hydrogen (secondary N) is 1. The molecule has 4 fully saturated rings. The first-order valence-corrected chi connectivity index (χ1v) is 12.3. The van der Waals surface area contributed by atoms with Crippen molar-refractivity contribution in [2.75, 3.05) is 11.9 Å². The zero-order valence-electron chi connectivity index (χ0n) is 16.4. The number of anilines is 1. The van der Waals surface area contributed by atoms with Crippen molar-refractivity contribution in [2.45, 2.75) is 75.5 Å². The zero-order valence-corrected chi connectivity index (χ0v) is 18.8. The Morgan fingerprint density at radius 2 is 1.89 bits per heavy atom. The fraction of sp³-hybridized carbons (Fsp3) is 0.727. The fourth-order valence-electron chi connectivity index (χ4n) is 6.73. The number of hydrogen-bond donors (Lipinski definition) is 1. The van der Waals surface area contributed by atoms with Gasteiger partial charge in [0.2, 0.25) is 5.91 Å². The van der Waals surface area contributed by atoms with Crippen molar-refractivity contribution in [1.82, 2.24) is 0 Å². The van der Waals surface area contributed by atoms with Crippen LogP contribution in [0.3, 0.4) is 0 Å². The first kappa shape index (κ1) is 19.1. The Bertz CT molecular complexity index is 818. The van der Waals surface area contributed by atoms with Crippen LogP contribution in [0.15, 0.2) is 0 Å². The Kier molecular flexibility index (Phi) is 4.66. The standard InChI is InChI=1S/C22H28BrNO3S/c1-2-27-19(25)17-15-5-3-4-6-16(15)28-18(17)24-20(26)21-8-13-7-14(9-21)11-22(23,10-13)12-21/h13-14H,2-12H2,1H3,(H,24,26)/t13-,14+,21?,22?. The van der Waals surface area contributed by atoms with Gasteiger partial charge in [-0.25, -0.2) is 4.79 Å². The summed E-state index contributed by atoms with van der Waals surface area (Å²) in [6, 6.07) is 0. The van der Waals surface area contributed by atoms with Crippen LogP contribution in [0.2, 0.25) is 0 Å². The average Bonchev–Trinajstić information content (AvgIpc) is 2.97. The van der Waals surface area contributed by atoms with Gasteiger partial charge in [0.1, 0.15) is 5.00 Å². The van der Waals surface area contributed by atoms with Gasteiger partial charge in [-0.15, -0.1) is 11.3 Å². The van der Waals surface area contributed by atoms with Crippen LogP contribution < -0.4 is 5.32 Å². The van der Waals surface area contributed by atoms with Gasteiger partial charge >= 0.3 is 5.97 Å². The van der Waals surface area contributed by atoms with E-state index in [0.29, 0.717) is 24.0 Å². The normalized spacial score (nSPS) is 35.5. The molecule has 1 aromatic heterocycles. The highest BCUT2D eigenvalue weighted by Gasteiger charge is 2.59. The van der Waals surface area contributed by atoms with Crippen molar-refractivity contribution < 1.29 is 14.3 Å². The predicted octanol–water partition coefficient (Wildman–Crippen LogP) is 5.48. The summed E-state index contributed by atoms with van der Waals surface area (Å²) in [7, 11) is 0. The van der Waals surface area contributed by atoms with Gasteiger partial charge in [-0.3, -0.25) is 4.79 Å². The number of aryl methyl sites for hydroxylation is 1. The molecule has 1 amide bonds. The third-order valence-corrected chi connectivity index (χ3v) is 9.48. The Morgan fingerprint density at radius 1 is 1.18 bits per heavy atom. The molecule has 4 nitrogen and oxygen atoms in total. The summed E-state index contributed by atoms with van der Waals surface area (Å²) >= 11 is 5.60. The second-order valence-corrected chi connectivity index (χ2v) is 12.3. The molecule has 5 aliphatic carbocycles. The molecule has 4 bridgehead atoms. The molecule has 0 saturated heterocycles. The van der Waals surface area contributed by atoms with Crippen molar-refractivity contribution in [3.8, 4) is 0 Å². The van der Waals surface area contributed by atoms with Gasteiger partial charge in [-0.2, -0.15) is 0 Å². The lowest BCUT2D eigenvalue weighted by Crippen LogP contribution is -2.57. The minimum absolute atomic E-state index is 0.134. The Morgan fingerprint density at radius 3 is 2.57 bits per heavy atom. The number of halogens is 1. The maximum Gasteiger partial charge on any atom is 0.341 e. The molecule has 5 aliphatic rings. The van der Waals surface area contributed by atoms with Crippen molar-refractivity contribution in [1.29, 1.82) is 0 Å². The lowest BCUT2D eigenvalue weighted by molar-refractivity contribution is -0.138. The summed E-state index contributed by atoms with van der Waals surface area (Å²) in [4.78, 5) is 27.5. The second kappa shape index (κ2) is 6.83. The summed E-state index contributed by atoms with van der Waals surface area (Å²) in [5, 5.41) is 3.97. The quantitative estimate of drug-likeness (QED) is 0.473. The molecule has 0 aliphatic heterocycles. The van der Waals surface area contributed by atoms with Crippen LogP contribution in [0.25, 0.3) is 0 Å². The van der Waals surface area contributed by atoms with Crippen molar-refractivity contribution >= 4 is 44.1 Å². The van der Waals surface area contributed by atoms with Gasteiger partial charge in [-0.1, -0.05) is 15.9 Å². The molecular weight excluding hydrogens is 438 g/mol. The second-order valence-electron chi connectivity index (χ2n) is 9.48. The Balaban J connectivity index is 1.45. The summed E-state index contributed by atoms with van der Waals surface area (Å²) in [5.41, 5.74) is 1.48. The number of alkyl halides is 1. The first-order chi connectivity index (χ1) is 13.4. The smallest absolute Gasteiger partial charge is 0.341 e. The van der Waals surface area contributed by atoms with Crippen molar-refractivity contribution in [2.24, 2.45) is 17.3 Å². The molecular formula is C22H28BrNO3S. The number of rotatable bonds is 4. The molecule has 6 rings (SSSR count). The van der Waals surface area contributed by atoms with Crippen LogP contribution in [0.4, 0.5) is 5.00 Å². The SMILES string of the molecule is CCOC(=O)c1c(NC(=O)C23C[C@@H]4C[C@@H](CC(Br)(C4)C2)C3)sc2c1CCCC2. The van der Waals surface area contributed by atoms with E-state index in [1.807, 2.05) is 6.92 Å². The maximum atomic E-state index is 13.6. The van der Waals surface area contributed by atoms with Crippen molar-refractivity contribution in [3.05, 3.63) is 16.0 Å². The number of carbonyl (C=O) groups excluding carboxylic acids is 2. The van der Waals surface area contributed by atoms with Gasteiger partial charge in [0.25, 0.3) is 0 Å². The predicted molar refractivity (Wildman–Crippen MR) is 114 cm³/mol. The van der Waals surface area contributed by atoms with Crippen LogP contribution in [-0.2, 0) is 22.4 Å². The molecule has 1 aromatic rings. The summed E-state index contributed by atoms with van der Waals surface area (Å²) in [5.74, 6) is 1.18. The van der Waals surface area contributed by atoms with Crippen LogP contribution in [0.1, 0.15) is 79.1 Å². The number of thiophene rings is 1. The molecule has 4 atom stereocenters. The lowest BCUT2D eigenvalue weighted by atomic mass is 9.49. The highest BCUT2D eigenvalue weighted by atomic mass is 79.9. The molecule has 1 N–H and O–H groups in total. The fourth-order valence-corrected chi connectivity index (χ4v) is 9.45. The van der Waals surface area contributed by atoms with Gasteiger partial charge in [0, 0.05) is 9.20 Å². The molecule has 2 unspecified atom stereocenters. The minimum Gasteiger partial charge on any atom is -0.462 e. The van der Waals surface area contributed by atoms with Gasteiger partial charge in [-0.05, 0) is 88.5 Å². The number of fused-ring (bicyclic) bond motifs is 1. The third kappa shape index (κ3) is 3.06. The number of ether oxygens (including phenoxy) is 1. The summed E-state index contributed by atoms with van der Waals surface area (Å²) in [6.07, 6.45) is 10.8. The Labute approximate surface area is 178 Å². The Hall–Kier alpha value is -0.880. The maximum absolute atomic E-state index is 13.6. The van der Waals surface area contributed by atoms with Crippen LogP contribution in [-0.4, -0.2) is 22.8 Å². The van der Waals surface area contributed by atoms with E-state index in [0.717, 1.165) is 55.5 Å². The first-order valence-electron chi connectivity index (χ1n) is 10.7. The van der Waals surface area contributed by atoms with E-state index < -0.39 is 0 Å². The third-order valence-electron chi connectivity index (χ3n) is 7.35. The van der Waals surface area contributed by atoms with E-state index >= 15 is 0 Å². The van der Waals surface area contributed by atoms with E-state index in [9.17, 15) is 9.59 Å². The van der Waals surface area contributed by atoms with Gasteiger partial charge in [0.05, 0.1) is 17.6 Å². The molecule has 4 saturated carbocycles. The van der Waals surface area contributed by atoms with Crippen LogP contribution >= 0.6 is 27.3 Å². The van der Waals surface area contributed by atoms with Crippen LogP contribution in [0.5, 0.6) is 0 Å². The number of esters is 1. The molecule has 6 heteroatoms. The summed E-state index contributed by atoms with van der Waals surface area (Å²) in [6.45, 7) is 2.19. The lowest BCUT2D eigenvalue weighted by Gasteiger charge is -2.59. The topological polar surface area (TPSA) is 55.4 Å². The molecule has 1 heterocycles. The molecule has 0 radical (unpaired) electrons. The monoisotopic (exact) mass is 465 g/mol. The van der Waals surface area contributed by atoms with Gasteiger partial charge in [0.15, 0.2) is 0 Å². The zero-order chi connectivity index (χ0) is 19.5. The van der Waals surface area contributed by atoms with Crippen LogP contribution in [0, 0.1) is 17.3 Å². The number of amides is 1. The number of hydrogen-bond acceptors (Lipinski definition) is 4. The van der Waals surface area contributed by atoms with E-state index in [2.05, 4.69) is 21.2 Å². The van der Waals surface area contributed by atoms with E-state index in [4.69, 9.17) is 4.74 Å². The largest absolute Gasteiger partial charge is 0.462 e. The molecule has 152 valence electrons. The highest BCUT2D eigenvalue weighted by molar-refractivity contribution is 9.10. The minimum atomic E-state index is -0.278. The molecule has 0 aromatic carbocycles. The van der Waals surface area contributed by atoms with E-state index in [-0.39, 0.29) is 21.6 Å². The summed E-state index contributed by atoms with van der Waals surface area (Å²) < 4.78 is 5.49. The molecule has 28 heavy (non-hydrogen) atoms. The molecule has 0 spiro atoms.